The lowest BCUT2D eigenvalue weighted by Crippen LogP contribution is -2.17. The van der Waals surface area contributed by atoms with E-state index in [2.05, 4.69) is 5.16 Å². The quantitative estimate of drug-likeness (QED) is 0.322. The van der Waals surface area contributed by atoms with Gasteiger partial charge in [0.2, 0.25) is 0 Å². The van der Waals surface area contributed by atoms with Crippen LogP contribution in [-0.2, 0) is 9.84 Å². The van der Waals surface area contributed by atoms with E-state index in [1.54, 1.807) is 18.2 Å². The number of nitrogens with zero attached hydrogens (tertiary/aromatic N) is 1. The van der Waals surface area contributed by atoms with Crippen LogP contribution in [0.3, 0.4) is 0 Å². The molecule has 1 unspecified atom stereocenters. The molecule has 6 heteroatoms. The summed E-state index contributed by atoms with van der Waals surface area (Å²) in [5.41, 5.74) is 5.35. The number of hydrogen-bond acceptors (Lipinski definition) is 4. The topological polar surface area (TPSA) is 92.8 Å². The second-order valence-electron chi connectivity index (χ2n) is 3.53. The lowest BCUT2D eigenvalue weighted by Gasteiger charge is -2.14. The van der Waals surface area contributed by atoms with Crippen molar-refractivity contribution in [3.05, 3.63) is 23.1 Å². The van der Waals surface area contributed by atoms with E-state index >= 15 is 0 Å². The maximum Gasteiger partial charge on any atom is 0.175 e. The molecule has 3 N–H and O–H groups in total. The van der Waals surface area contributed by atoms with Crippen LogP contribution in [0.15, 0.2) is 28.3 Å². The van der Waals surface area contributed by atoms with Gasteiger partial charge in [-0.25, -0.2) is 8.42 Å². The number of rotatable bonds is 3. The van der Waals surface area contributed by atoms with Crippen LogP contribution in [0, 0.1) is 5.92 Å². The summed E-state index contributed by atoms with van der Waals surface area (Å²) in [6.07, 6.45) is 7.19. The smallest absolute Gasteiger partial charge is 0.175 e. The zero-order valence-electron chi connectivity index (χ0n) is 8.42. The molecule has 0 amide bonds. The molecule has 1 atom stereocenters. The molecule has 84 valence electrons. The Bertz CT molecular complexity index is 421. The van der Waals surface area contributed by atoms with E-state index in [0.29, 0.717) is 17.7 Å². The Morgan fingerprint density at radius 3 is 2.80 bits per heavy atom. The minimum absolute atomic E-state index is 0.103. The summed E-state index contributed by atoms with van der Waals surface area (Å²) < 4.78 is 22.3. The van der Waals surface area contributed by atoms with Gasteiger partial charge in [0.05, 0.1) is 4.91 Å². The highest BCUT2D eigenvalue weighted by molar-refractivity contribution is 7.94. The highest BCUT2D eigenvalue weighted by Gasteiger charge is 2.15. The van der Waals surface area contributed by atoms with E-state index < -0.39 is 9.84 Å². The Kier molecular flexibility index (Phi) is 3.52. The van der Waals surface area contributed by atoms with E-state index in [9.17, 15) is 8.42 Å². The lowest BCUT2D eigenvalue weighted by atomic mass is 9.97. The minimum Gasteiger partial charge on any atom is -0.409 e. The molecule has 0 radical (unpaired) electrons. The van der Waals surface area contributed by atoms with Crippen LogP contribution in [0.2, 0.25) is 0 Å². The first-order valence-corrected chi connectivity index (χ1v) is 6.37. The van der Waals surface area contributed by atoms with Gasteiger partial charge in [0.1, 0.15) is 5.84 Å². The summed E-state index contributed by atoms with van der Waals surface area (Å²) in [5, 5.41) is 11.2. The fourth-order valence-corrected chi connectivity index (χ4v) is 2.11. The van der Waals surface area contributed by atoms with E-state index in [1.807, 2.05) is 0 Å². The van der Waals surface area contributed by atoms with Gasteiger partial charge in [0.15, 0.2) is 9.84 Å². The van der Waals surface area contributed by atoms with Crippen molar-refractivity contribution < 1.29 is 13.6 Å². The van der Waals surface area contributed by atoms with Crippen LogP contribution < -0.4 is 5.73 Å². The molecule has 0 heterocycles. The molecule has 0 aliphatic heterocycles. The number of nitrogens with two attached hydrogens (primary N) is 1. The zero-order chi connectivity index (χ0) is 11.5. The third-order valence-electron chi connectivity index (χ3n) is 2.18. The predicted octanol–water partition coefficient (Wildman–Crippen LogP) is 0.628. The second-order valence-corrected chi connectivity index (χ2v) is 5.54. The Hall–Kier alpha value is -1.30. The number of hydrogen-bond donors (Lipinski definition) is 2. The van der Waals surface area contributed by atoms with Crippen LogP contribution in [0.1, 0.15) is 12.8 Å². The first kappa shape index (κ1) is 11.8. The molecule has 15 heavy (non-hydrogen) atoms. The first-order chi connectivity index (χ1) is 6.93. The van der Waals surface area contributed by atoms with Crippen LogP contribution in [-0.4, -0.2) is 25.7 Å². The molecule has 0 aromatic rings. The van der Waals surface area contributed by atoms with Crippen LogP contribution >= 0.6 is 0 Å². The van der Waals surface area contributed by atoms with Crippen LogP contribution in [0.25, 0.3) is 0 Å². The van der Waals surface area contributed by atoms with E-state index in [0.717, 1.165) is 0 Å². The average Bonchev–Trinajstić information content (AvgIpc) is 2.17. The molecule has 1 aliphatic carbocycles. The van der Waals surface area contributed by atoms with Crippen molar-refractivity contribution in [2.24, 2.45) is 16.8 Å². The van der Waals surface area contributed by atoms with E-state index in [1.165, 1.54) is 6.26 Å². The number of allylic oxidation sites excluding steroid dienone is 3. The molecular weight excluding hydrogens is 216 g/mol. The normalized spacial score (nSPS) is 22.6. The summed E-state index contributed by atoms with van der Waals surface area (Å²) >= 11 is 0. The molecule has 0 fully saturated rings. The van der Waals surface area contributed by atoms with Crippen molar-refractivity contribution in [3.63, 3.8) is 0 Å². The van der Waals surface area contributed by atoms with Gasteiger partial charge in [-0.05, 0) is 18.4 Å². The molecular formula is C9H14N2O3S. The van der Waals surface area contributed by atoms with Crippen molar-refractivity contribution in [2.45, 2.75) is 12.8 Å². The summed E-state index contributed by atoms with van der Waals surface area (Å²) in [4.78, 5) is 0.332. The summed E-state index contributed by atoms with van der Waals surface area (Å²) in [6.45, 7) is 0. The van der Waals surface area contributed by atoms with Gasteiger partial charge in [-0.1, -0.05) is 17.3 Å². The van der Waals surface area contributed by atoms with Gasteiger partial charge >= 0.3 is 0 Å². The Balaban J connectivity index is 2.65. The molecule has 0 saturated heterocycles. The van der Waals surface area contributed by atoms with Gasteiger partial charge in [-0.2, -0.15) is 0 Å². The van der Waals surface area contributed by atoms with Gasteiger partial charge in [-0.15, -0.1) is 0 Å². The first-order valence-electron chi connectivity index (χ1n) is 4.48. The highest BCUT2D eigenvalue weighted by atomic mass is 32.2. The number of amidine groups is 1. The van der Waals surface area contributed by atoms with Crippen molar-refractivity contribution in [1.29, 1.82) is 0 Å². The van der Waals surface area contributed by atoms with Crippen molar-refractivity contribution in [3.8, 4) is 0 Å². The predicted molar refractivity (Wildman–Crippen MR) is 58.2 cm³/mol. The maximum atomic E-state index is 11.2. The lowest BCUT2D eigenvalue weighted by molar-refractivity contribution is 0.316. The molecule has 0 aromatic heterocycles. The second kappa shape index (κ2) is 4.48. The third kappa shape index (κ3) is 3.39. The third-order valence-corrected chi connectivity index (χ3v) is 3.34. The number of oxime groups is 1. The molecule has 0 bridgehead atoms. The van der Waals surface area contributed by atoms with Gasteiger partial charge in [0, 0.05) is 12.7 Å². The zero-order valence-corrected chi connectivity index (χ0v) is 9.24. The fraction of sp³-hybridized carbons (Fsp3) is 0.444. The van der Waals surface area contributed by atoms with Crippen molar-refractivity contribution in [2.75, 3.05) is 6.26 Å². The summed E-state index contributed by atoms with van der Waals surface area (Å²) in [7, 11) is -3.12. The largest absolute Gasteiger partial charge is 0.409 e. The highest BCUT2D eigenvalue weighted by Crippen LogP contribution is 2.21. The average molecular weight is 230 g/mol. The number of sulfone groups is 1. The summed E-state index contributed by atoms with van der Waals surface area (Å²) in [5.74, 6) is 0.257. The Morgan fingerprint density at radius 1 is 1.73 bits per heavy atom. The van der Waals surface area contributed by atoms with Gasteiger partial charge in [0.25, 0.3) is 0 Å². The molecule has 1 rings (SSSR count). The van der Waals surface area contributed by atoms with E-state index in [-0.39, 0.29) is 11.8 Å². The van der Waals surface area contributed by atoms with Gasteiger partial charge < -0.3 is 10.9 Å². The SMILES string of the molecule is CS(=O)(=O)C1=CCC(C/C(N)=N/O)C=C1. The standard InChI is InChI=1S/C9H14N2O3S/c1-15(13,14)8-4-2-7(3-5-8)6-9(10)11-12/h2,4-5,7,12H,3,6H2,1H3,(H2,10,11). The summed E-state index contributed by atoms with van der Waals surface area (Å²) in [6, 6.07) is 0. The molecule has 0 spiro atoms. The minimum atomic E-state index is -3.12. The van der Waals surface area contributed by atoms with Crippen LogP contribution in [0.4, 0.5) is 0 Å². The Morgan fingerprint density at radius 2 is 2.40 bits per heavy atom. The molecule has 0 aromatic carbocycles. The van der Waals surface area contributed by atoms with Gasteiger partial charge in [-0.3, -0.25) is 0 Å². The van der Waals surface area contributed by atoms with Crippen LogP contribution in [0.5, 0.6) is 0 Å². The fourth-order valence-electron chi connectivity index (χ4n) is 1.38. The van der Waals surface area contributed by atoms with E-state index in [4.69, 9.17) is 10.9 Å². The molecule has 5 nitrogen and oxygen atoms in total. The molecule has 0 saturated carbocycles. The van der Waals surface area contributed by atoms with Crippen molar-refractivity contribution >= 4 is 15.7 Å². The van der Waals surface area contributed by atoms with Crippen molar-refractivity contribution in [1.82, 2.24) is 0 Å². The monoisotopic (exact) mass is 230 g/mol. The Labute approximate surface area is 88.9 Å². The molecule has 1 aliphatic rings. The maximum absolute atomic E-state index is 11.2.